The number of rotatable bonds is 2. The predicted octanol–water partition coefficient (Wildman–Crippen LogP) is 3.63. The average molecular weight is 231 g/mol. The lowest BCUT2D eigenvalue weighted by Gasteiger charge is -2.12. The maximum atomic E-state index is 6.07. The first kappa shape index (κ1) is 11.1. The molecule has 2 unspecified atom stereocenters. The lowest BCUT2D eigenvalue weighted by molar-refractivity contribution is 1.32. The van der Waals surface area contributed by atoms with Gasteiger partial charge in [0.25, 0.3) is 0 Å². The van der Waals surface area contributed by atoms with E-state index in [4.69, 9.17) is 23.8 Å². The number of aryl methyl sites for hydroxylation is 1. The molecule has 0 amide bonds. The van der Waals surface area contributed by atoms with Gasteiger partial charge in [0.15, 0.2) is 0 Å². The Hall–Kier alpha value is 0.0300. The van der Waals surface area contributed by atoms with Crippen LogP contribution in [-0.4, -0.2) is 10.5 Å². The summed E-state index contributed by atoms with van der Waals surface area (Å²) in [5, 5.41) is 0.749. The molecule has 0 saturated heterocycles. The topological polar surface area (TPSA) is 0 Å². The SMILES string of the molecule is Cc1cccc(Cl)c1C(=S)C(C)P. The minimum Gasteiger partial charge on any atom is -0.129 e. The zero-order chi connectivity index (χ0) is 10.0. The van der Waals surface area contributed by atoms with Crippen molar-refractivity contribution in [3.8, 4) is 0 Å². The van der Waals surface area contributed by atoms with Crippen molar-refractivity contribution in [3.63, 3.8) is 0 Å². The van der Waals surface area contributed by atoms with Crippen LogP contribution in [0.4, 0.5) is 0 Å². The van der Waals surface area contributed by atoms with Crippen LogP contribution in [0.3, 0.4) is 0 Å². The molecule has 0 fully saturated rings. The predicted molar refractivity (Wildman–Crippen MR) is 67.1 cm³/mol. The van der Waals surface area contributed by atoms with E-state index in [2.05, 4.69) is 16.2 Å². The highest BCUT2D eigenvalue weighted by atomic mass is 35.5. The molecular weight excluding hydrogens is 219 g/mol. The Labute approximate surface area is 91.9 Å². The van der Waals surface area contributed by atoms with Crippen LogP contribution in [0, 0.1) is 6.92 Å². The minimum absolute atomic E-state index is 0.286. The van der Waals surface area contributed by atoms with Crippen LogP contribution >= 0.6 is 33.1 Å². The van der Waals surface area contributed by atoms with Gasteiger partial charge in [-0.3, -0.25) is 0 Å². The molecule has 0 aliphatic rings. The molecule has 0 nitrogen and oxygen atoms in total. The van der Waals surface area contributed by atoms with Crippen molar-refractivity contribution in [1.82, 2.24) is 0 Å². The lowest BCUT2D eigenvalue weighted by atomic mass is 10.0. The molecule has 0 N–H and O–H groups in total. The van der Waals surface area contributed by atoms with Crippen LogP contribution < -0.4 is 0 Å². The van der Waals surface area contributed by atoms with Crippen LogP contribution in [0.15, 0.2) is 18.2 Å². The Balaban J connectivity index is 3.20. The maximum absolute atomic E-state index is 6.07. The highest BCUT2D eigenvalue weighted by Gasteiger charge is 2.11. The molecule has 3 heteroatoms. The third-order valence-electron chi connectivity index (χ3n) is 1.88. The van der Waals surface area contributed by atoms with Crippen molar-refractivity contribution in [2.45, 2.75) is 19.5 Å². The third-order valence-corrected chi connectivity index (χ3v) is 3.35. The van der Waals surface area contributed by atoms with Gasteiger partial charge in [-0.15, -0.1) is 9.24 Å². The number of hydrogen-bond acceptors (Lipinski definition) is 1. The molecule has 1 rings (SSSR count). The normalized spacial score (nSPS) is 12.6. The number of halogens is 1. The summed E-state index contributed by atoms with van der Waals surface area (Å²) in [6.45, 7) is 4.08. The lowest BCUT2D eigenvalue weighted by Crippen LogP contribution is -2.10. The molecule has 0 aromatic heterocycles. The number of benzene rings is 1. The largest absolute Gasteiger partial charge is 0.129 e. The fourth-order valence-corrected chi connectivity index (χ4v) is 1.99. The van der Waals surface area contributed by atoms with Gasteiger partial charge in [0.1, 0.15) is 0 Å². The molecule has 2 atom stereocenters. The van der Waals surface area contributed by atoms with E-state index in [1.165, 1.54) is 0 Å². The van der Waals surface area contributed by atoms with E-state index in [1.807, 2.05) is 25.1 Å². The molecule has 0 bridgehead atoms. The average Bonchev–Trinajstić information content (AvgIpc) is 2.03. The van der Waals surface area contributed by atoms with E-state index >= 15 is 0 Å². The zero-order valence-corrected chi connectivity index (χ0v) is 10.4. The van der Waals surface area contributed by atoms with E-state index in [1.54, 1.807) is 0 Å². The summed E-state index contributed by atoms with van der Waals surface area (Å²) >= 11 is 11.4. The Morgan fingerprint density at radius 3 is 2.62 bits per heavy atom. The molecule has 13 heavy (non-hydrogen) atoms. The van der Waals surface area contributed by atoms with Crippen LogP contribution in [0.25, 0.3) is 0 Å². The quantitative estimate of drug-likeness (QED) is 0.425. The molecule has 0 aliphatic carbocycles. The summed E-state index contributed by atoms with van der Waals surface area (Å²) in [4.78, 5) is 0.910. The van der Waals surface area contributed by atoms with Crippen molar-refractivity contribution in [1.29, 1.82) is 0 Å². The number of hydrogen-bond donors (Lipinski definition) is 0. The van der Waals surface area contributed by atoms with Crippen molar-refractivity contribution < 1.29 is 0 Å². The standard InChI is InChI=1S/C10H12ClPS/c1-6-4-3-5-8(11)9(6)10(13)7(2)12/h3-5,7H,12H2,1-2H3. The first-order valence-electron chi connectivity index (χ1n) is 4.09. The summed E-state index contributed by atoms with van der Waals surface area (Å²) in [7, 11) is 2.69. The monoisotopic (exact) mass is 230 g/mol. The van der Waals surface area contributed by atoms with Gasteiger partial charge in [-0.2, -0.15) is 0 Å². The molecule has 0 spiro atoms. The van der Waals surface area contributed by atoms with Gasteiger partial charge in [0, 0.05) is 21.1 Å². The summed E-state index contributed by atoms with van der Waals surface area (Å²) in [6, 6.07) is 5.85. The second-order valence-corrected chi connectivity index (χ2v) is 4.93. The van der Waals surface area contributed by atoms with Gasteiger partial charge in [-0.25, -0.2) is 0 Å². The second kappa shape index (κ2) is 4.50. The van der Waals surface area contributed by atoms with Crippen molar-refractivity contribution >= 4 is 37.9 Å². The summed E-state index contributed by atoms with van der Waals surface area (Å²) in [6.07, 6.45) is 0. The van der Waals surface area contributed by atoms with Crippen molar-refractivity contribution in [3.05, 3.63) is 34.3 Å². The van der Waals surface area contributed by atoms with E-state index < -0.39 is 0 Å². The molecule has 0 radical (unpaired) electrons. The smallest absolute Gasteiger partial charge is 0.0492 e. The fourth-order valence-electron chi connectivity index (χ4n) is 1.17. The number of thiocarbonyl (C=S) groups is 1. The van der Waals surface area contributed by atoms with Gasteiger partial charge in [-0.05, 0) is 18.6 Å². The van der Waals surface area contributed by atoms with Gasteiger partial charge >= 0.3 is 0 Å². The second-order valence-electron chi connectivity index (χ2n) is 3.08. The van der Waals surface area contributed by atoms with Crippen LogP contribution in [0.5, 0.6) is 0 Å². The van der Waals surface area contributed by atoms with Crippen LogP contribution in [-0.2, 0) is 0 Å². The molecule has 0 saturated carbocycles. The van der Waals surface area contributed by atoms with Crippen LogP contribution in [0.1, 0.15) is 18.1 Å². The van der Waals surface area contributed by atoms with Crippen LogP contribution in [0.2, 0.25) is 5.02 Å². The van der Waals surface area contributed by atoms with E-state index in [-0.39, 0.29) is 5.66 Å². The molecule has 0 aliphatic heterocycles. The van der Waals surface area contributed by atoms with E-state index in [0.29, 0.717) is 0 Å². The first-order valence-corrected chi connectivity index (χ1v) is 5.54. The Bertz CT molecular complexity index is 313. The van der Waals surface area contributed by atoms with Crippen molar-refractivity contribution in [2.75, 3.05) is 0 Å². The Morgan fingerprint density at radius 2 is 2.15 bits per heavy atom. The van der Waals surface area contributed by atoms with Gasteiger partial charge < -0.3 is 0 Å². The minimum atomic E-state index is 0.286. The van der Waals surface area contributed by atoms with Crippen molar-refractivity contribution in [2.24, 2.45) is 0 Å². The van der Waals surface area contributed by atoms with Gasteiger partial charge in [0.05, 0.1) is 0 Å². The molecule has 1 aromatic rings. The summed E-state index contributed by atoms with van der Waals surface area (Å²) < 4.78 is 0. The summed E-state index contributed by atoms with van der Waals surface area (Å²) in [5.74, 6) is 0. The molecular formula is C10H12ClPS. The highest BCUT2D eigenvalue weighted by Crippen LogP contribution is 2.23. The van der Waals surface area contributed by atoms with E-state index in [9.17, 15) is 0 Å². The molecule has 0 heterocycles. The maximum Gasteiger partial charge on any atom is 0.0492 e. The third kappa shape index (κ3) is 2.49. The zero-order valence-electron chi connectivity index (χ0n) is 7.67. The molecule has 1 aromatic carbocycles. The molecule has 70 valence electrons. The Morgan fingerprint density at radius 1 is 1.54 bits per heavy atom. The van der Waals surface area contributed by atoms with Gasteiger partial charge in [0.2, 0.25) is 0 Å². The van der Waals surface area contributed by atoms with Gasteiger partial charge in [-0.1, -0.05) is 42.9 Å². The summed E-state index contributed by atoms with van der Waals surface area (Å²) in [5.41, 5.74) is 2.45. The highest BCUT2D eigenvalue weighted by molar-refractivity contribution is 7.81. The first-order chi connectivity index (χ1) is 6.04. The Kier molecular flexibility index (Phi) is 3.85. The fraction of sp³-hybridized carbons (Fsp3) is 0.300. The van der Waals surface area contributed by atoms with E-state index in [0.717, 1.165) is 21.0 Å².